The van der Waals surface area contributed by atoms with Gasteiger partial charge in [0.2, 0.25) is 0 Å². The average molecular weight is 348 g/mol. The minimum absolute atomic E-state index is 0.0873. The third kappa shape index (κ3) is 7.24. The van der Waals surface area contributed by atoms with Crippen molar-refractivity contribution in [3.8, 4) is 0 Å². The summed E-state index contributed by atoms with van der Waals surface area (Å²) < 4.78 is 5.21. The molecule has 0 aliphatic heterocycles. The normalized spacial score (nSPS) is 12.7. The van der Waals surface area contributed by atoms with Gasteiger partial charge in [-0.25, -0.2) is 9.78 Å². The fraction of sp³-hybridized carbons (Fsp3) is 0.500. The van der Waals surface area contributed by atoms with Gasteiger partial charge >= 0.3 is 6.09 Å². The van der Waals surface area contributed by atoms with E-state index in [1.54, 1.807) is 26.4 Å². The summed E-state index contributed by atoms with van der Waals surface area (Å²) in [5, 5.41) is 2.77. The summed E-state index contributed by atoms with van der Waals surface area (Å²) in [6, 6.07) is 1.61. The number of anilines is 1. The van der Waals surface area contributed by atoms with Crippen molar-refractivity contribution in [2.24, 2.45) is 0 Å². The van der Waals surface area contributed by atoms with Gasteiger partial charge in [-0.15, -0.1) is 0 Å². The van der Waals surface area contributed by atoms with Crippen LogP contribution in [0, 0.1) is 0 Å². The first-order valence-electron chi connectivity index (χ1n) is 8.13. The Morgan fingerprint density at radius 1 is 1.40 bits per heavy atom. The lowest BCUT2D eigenvalue weighted by molar-refractivity contribution is 0.0509. The molecule has 3 N–H and O–H groups in total. The number of aromatic nitrogens is 1. The van der Waals surface area contributed by atoms with Gasteiger partial charge in [0.25, 0.3) is 5.91 Å². The smallest absolute Gasteiger partial charge is 0.407 e. The summed E-state index contributed by atoms with van der Waals surface area (Å²) in [4.78, 5) is 29.3. The van der Waals surface area contributed by atoms with E-state index < -0.39 is 11.7 Å². The first-order chi connectivity index (χ1) is 11.5. The molecule has 1 aromatic rings. The predicted octanol–water partition coefficient (Wildman–Crippen LogP) is 2.68. The molecule has 0 spiro atoms. The number of amides is 2. The van der Waals surface area contributed by atoms with Gasteiger partial charge in [-0.2, -0.15) is 0 Å². The Labute approximate surface area is 149 Å². The van der Waals surface area contributed by atoms with Crippen molar-refractivity contribution in [1.82, 2.24) is 15.2 Å². The maximum Gasteiger partial charge on any atom is 0.407 e. The number of hydrogen-bond acceptors (Lipinski definition) is 5. The zero-order valence-corrected chi connectivity index (χ0v) is 15.8. The SMILES string of the molecule is C[C@@H](C/C=C/c1cnc(N)c(C(=O)N(C)C)c1)NC(=O)OC(C)(C)C. The van der Waals surface area contributed by atoms with E-state index in [1.807, 2.05) is 39.8 Å². The number of alkyl carbamates (subject to hydrolysis) is 1. The van der Waals surface area contributed by atoms with Crippen molar-refractivity contribution in [1.29, 1.82) is 0 Å². The van der Waals surface area contributed by atoms with Gasteiger partial charge in [-0.1, -0.05) is 12.2 Å². The van der Waals surface area contributed by atoms with Crippen molar-refractivity contribution in [2.45, 2.75) is 45.8 Å². The Balaban J connectivity index is 2.66. The number of carbonyl (C=O) groups excluding carboxylic acids is 2. The van der Waals surface area contributed by atoms with Gasteiger partial charge < -0.3 is 20.7 Å². The Kier molecular flexibility index (Phi) is 6.97. The fourth-order valence-electron chi connectivity index (χ4n) is 1.97. The molecule has 0 aliphatic carbocycles. The number of hydrogen-bond donors (Lipinski definition) is 2. The molecule has 0 radical (unpaired) electrons. The lowest BCUT2D eigenvalue weighted by atomic mass is 10.1. The second kappa shape index (κ2) is 8.50. The highest BCUT2D eigenvalue weighted by atomic mass is 16.6. The van der Waals surface area contributed by atoms with Crippen LogP contribution in [0.15, 0.2) is 18.3 Å². The van der Waals surface area contributed by atoms with E-state index in [0.717, 1.165) is 5.56 Å². The topological polar surface area (TPSA) is 97.5 Å². The van der Waals surface area contributed by atoms with Crippen LogP contribution >= 0.6 is 0 Å². The van der Waals surface area contributed by atoms with Crippen molar-refractivity contribution in [2.75, 3.05) is 19.8 Å². The van der Waals surface area contributed by atoms with E-state index in [4.69, 9.17) is 10.5 Å². The van der Waals surface area contributed by atoms with E-state index in [1.165, 1.54) is 4.90 Å². The van der Waals surface area contributed by atoms with Crippen molar-refractivity contribution < 1.29 is 14.3 Å². The number of nitrogen functional groups attached to an aromatic ring is 1. The van der Waals surface area contributed by atoms with Crippen molar-refractivity contribution in [3.05, 3.63) is 29.5 Å². The predicted molar refractivity (Wildman–Crippen MR) is 99.1 cm³/mol. The molecule has 1 atom stereocenters. The van der Waals surface area contributed by atoms with Gasteiger partial charge in [-0.3, -0.25) is 4.79 Å². The highest BCUT2D eigenvalue weighted by molar-refractivity contribution is 5.98. The molecule has 2 amide bonds. The Morgan fingerprint density at radius 2 is 2.04 bits per heavy atom. The molecule has 0 saturated carbocycles. The number of nitrogens with one attached hydrogen (secondary N) is 1. The van der Waals surface area contributed by atoms with Crippen LogP contribution in [0.5, 0.6) is 0 Å². The summed E-state index contributed by atoms with van der Waals surface area (Å²) >= 11 is 0. The van der Waals surface area contributed by atoms with Gasteiger partial charge in [-0.05, 0) is 45.7 Å². The van der Waals surface area contributed by atoms with Crippen LogP contribution < -0.4 is 11.1 Å². The number of pyridine rings is 1. The molecule has 0 aromatic carbocycles. The number of nitrogens with zero attached hydrogens (tertiary/aromatic N) is 2. The summed E-state index contributed by atoms with van der Waals surface area (Å²) in [5.41, 5.74) is 6.38. The van der Waals surface area contributed by atoms with Crippen LogP contribution in [0.2, 0.25) is 0 Å². The van der Waals surface area contributed by atoms with E-state index in [2.05, 4.69) is 10.3 Å². The molecule has 0 aliphatic rings. The summed E-state index contributed by atoms with van der Waals surface area (Å²) in [6.07, 6.45) is 5.51. The van der Waals surface area contributed by atoms with Crippen LogP contribution in [0.3, 0.4) is 0 Å². The van der Waals surface area contributed by atoms with Crippen LogP contribution in [0.25, 0.3) is 6.08 Å². The quantitative estimate of drug-likeness (QED) is 0.852. The third-order valence-electron chi connectivity index (χ3n) is 3.14. The summed E-state index contributed by atoms with van der Waals surface area (Å²) in [5.74, 6) is 0.0102. The molecular weight excluding hydrogens is 320 g/mol. The molecule has 0 fully saturated rings. The highest BCUT2D eigenvalue weighted by Crippen LogP contribution is 2.14. The maximum absolute atomic E-state index is 12.1. The Bertz CT molecular complexity index is 648. The van der Waals surface area contributed by atoms with E-state index in [0.29, 0.717) is 12.0 Å². The molecule has 138 valence electrons. The van der Waals surface area contributed by atoms with Crippen LogP contribution in [0.4, 0.5) is 10.6 Å². The fourth-order valence-corrected chi connectivity index (χ4v) is 1.97. The third-order valence-corrected chi connectivity index (χ3v) is 3.14. The van der Waals surface area contributed by atoms with Crippen molar-refractivity contribution >= 4 is 23.9 Å². The standard InChI is InChI=1S/C18H28N4O3/c1-12(21-17(24)25-18(2,3)4)8-7-9-13-10-14(15(19)20-11-13)16(23)22(5)6/h7,9-12H,8H2,1-6H3,(H2,19,20)(H,21,24)/b9-7+/t12-/m0/s1. The summed E-state index contributed by atoms with van der Waals surface area (Å²) in [6.45, 7) is 7.34. The molecule has 7 nitrogen and oxygen atoms in total. The van der Waals surface area contributed by atoms with Gasteiger partial charge in [0.1, 0.15) is 11.4 Å². The number of nitrogens with two attached hydrogens (primary N) is 1. The van der Waals surface area contributed by atoms with E-state index >= 15 is 0 Å². The molecule has 1 rings (SSSR count). The monoisotopic (exact) mass is 348 g/mol. The summed E-state index contributed by atoms with van der Waals surface area (Å²) in [7, 11) is 3.32. The molecule has 1 aromatic heterocycles. The highest BCUT2D eigenvalue weighted by Gasteiger charge is 2.17. The molecule has 0 bridgehead atoms. The largest absolute Gasteiger partial charge is 0.444 e. The second-order valence-corrected chi connectivity index (χ2v) is 7.09. The van der Waals surface area contributed by atoms with Crippen LogP contribution in [-0.2, 0) is 4.74 Å². The van der Waals surface area contributed by atoms with Gasteiger partial charge in [0.05, 0.1) is 5.56 Å². The molecule has 25 heavy (non-hydrogen) atoms. The average Bonchev–Trinajstić information content (AvgIpc) is 2.45. The Hall–Kier alpha value is -2.57. The number of rotatable bonds is 5. The number of ether oxygens (including phenoxy) is 1. The Morgan fingerprint density at radius 3 is 2.60 bits per heavy atom. The minimum Gasteiger partial charge on any atom is -0.444 e. The molecule has 1 heterocycles. The van der Waals surface area contributed by atoms with Gasteiger partial charge in [0.15, 0.2) is 0 Å². The first kappa shape index (κ1) is 20.5. The van der Waals surface area contributed by atoms with Crippen molar-refractivity contribution in [3.63, 3.8) is 0 Å². The molecule has 0 unspecified atom stereocenters. The van der Waals surface area contributed by atoms with Crippen LogP contribution in [-0.4, -0.2) is 47.6 Å². The molecule has 7 heteroatoms. The molecular formula is C18H28N4O3. The minimum atomic E-state index is -0.523. The zero-order valence-electron chi connectivity index (χ0n) is 15.8. The van der Waals surface area contributed by atoms with E-state index in [9.17, 15) is 9.59 Å². The number of carbonyl (C=O) groups is 2. The zero-order chi connectivity index (χ0) is 19.2. The lowest BCUT2D eigenvalue weighted by Crippen LogP contribution is -2.37. The molecule has 0 saturated heterocycles. The van der Waals surface area contributed by atoms with E-state index in [-0.39, 0.29) is 17.8 Å². The first-order valence-corrected chi connectivity index (χ1v) is 8.13. The second-order valence-electron chi connectivity index (χ2n) is 7.09. The maximum atomic E-state index is 12.1. The van der Waals surface area contributed by atoms with Crippen LogP contribution in [0.1, 0.15) is 50.0 Å². The lowest BCUT2D eigenvalue weighted by Gasteiger charge is -2.21. The van der Waals surface area contributed by atoms with Gasteiger partial charge in [0, 0.05) is 26.3 Å².